The summed E-state index contributed by atoms with van der Waals surface area (Å²) in [6.07, 6.45) is 55.7. The largest absolute Gasteiger partial charge is 0.462 e. The number of unbranched alkanes of at least 4 members (excludes halogenated alkanes) is 21. The first-order chi connectivity index (χ1) is 28.5. The highest BCUT2D eigenvalue weighted by atomic mass is 16.5. The van der Waals surface area contributed by atoms with Crippen molar-refractivity contribution in [1.29, 1.82) is 0 Å². The summed E-state index contributed by atoms with van der Waals surface area (Å²) >= 11 is 0. The second kappa shape index (κ2) is 45.6. The van der Waals surface area contributed by atoms with Crippen molar-refractivity contribution in [2.75, 3.05) is 6.61 Å². The van der Waals surface area contributed by atoms with Gasteiger partial charge in [0.05, 0.1) is 25.2 Å². The van der Waals surface area contributed by atoms with Crippen molar-refractivity contribution in [2.24, 2.45) is 0 Å². The first-order valence-electron chi connectivity index (χ1n) is 24.5. The van der Waals surface area contributed by atoms with Crippen LogP contribution in [0.3, 0.4) is 0 Å². The van der Waals surface area contributed by atoms with E-state index in [1.54, 1.807) is 0 Å². The van der Waals surface area contributed by atoms with Crippen LogP contribution in [0.2, 0.25) is 0 Å². The number of hydrogen-bond donors (Lipinski definition) is 3. The number of hydrogen-bond acceptors (Lipinski definition) is 5. The summed E-state index contributed by atoms with van der Waals surface area (Å²) in [5, 5.41) is 23.7. The predicted molar refractivity (Wildman–Crippen MR) is 250 cm³/mol. The molecule has 0 aliphatic carbocycles. The minimum atomic E-state index is -0.797. The van der Waals surface area contributed by atoms with Gasteiger partial charge in [-0.1, -0.05) is 197 Å². The van der Waals surface area contributed by atoms with E-state index in [0.29, 0.717) is 19.3 Å². The van der Waals surface area contributed by atoms with Gasteiger partial charge in [-0.05, 0) is 83.5 Å². The minimum Gasteiger partial charge on any atom is -0.462 e. The Bertz CT molecular complexity index is 1050. The number of aliphatic hydroxyl groups excluding tert-OH is 2. The third kappa shape index (κ3) is 40.3. The van der Waals surface area contributed by atoms with Crippen LogP contribution < -0.4 is 5.32 Å². The molecule has 1 amide bonds. The lowest BCUT2D eigenvalue weighted by atomic mass is 10.0. The van der Waals surface area contributed by atoms with Gasteiger partial charge in [-0.25, -0.2) is 0 Å². The summed E-state index contributed by atoms with van der Waals surface area (Å²) in [6.45, 7) is 6.31. The SMILES string of the molecule is CC/C=C/C/C=C/C/C=C/C/C=C/CCCCCC(=O)OC(CCCCC/C=C\CCCC)CC(=O)NC(CO)C(O)CCCCCCCCCCCCCCCC. The lowest BCUT2D eigenvalue weighted by molar-refractivity contribution is -0.151. The lowest BCUT2D eigenvalue weighted by Gasteiger charge is -2.24. The van der Waals surface area contributed by atoms with Crippen LogP contribution >= 0.6 is 0 Å². The minimum absolute atomic E-state index is 0.0522. The second-order valence-electron chi connectivity index (χ2n) is 16.5. The monoisotopic (exact) mass is 812 g/mol. The quantitative estimate of drug-likeness (QED) is 0.0324. The molecular formula is C52H93NO5. The average Bonchev–Trinajstić information content (AvgIpc) is 3.22. The van der Waals surface area contributed by atoms with Crippen molar-refractivity contribution >= 4 is 11.9 Å². The fraction of sp³-hybridized carbons (Fsp3) is 0.769. The highest BCUT2D eigenvalue weighted by molar-refractivity contribution is 5.77. The molecule has 0 aromatic rings. The molecule has 0 bridgehead atoms. The zero-order valence-electron chi connectivity index (χ0n) is 38.2. The van der Waals surface area contributed by atoms with Crippen LogP contribution in [0, 0.1) is 0 Å². The van der Waals surface area contributed by atoms with Crippen molar-refractivity contribution < 1.29 is 24.5 Å². The highest BCUT2D eigenvalue weighted by Gasteiger charge is 2.24. The Morgan fingerprint density at radius 3 is 1.48 bits per heavy atom. The van der Waals surface area contributed by atoms with Gasteiger partial charge in [0.25, 0.3) is 0 Å². The first-order valence-corrected chi connectivity index (χ1v) is 24.5. The molecule has 58 heavy (non-hydrogen) atoms. The maximum absolute atomic E-state index is 13.1. The number of rotatable bonds is 43. The number of carbonyl (C=O) groups is 2. The summed E-state index contributed by atoms with van der Waals surface area (Å²) < 4.78 is 5.88. The highest BCUT2D eigenvalue weighted by Crippen LogP contribution is 2.17. The van der Waals surface area contributed by atoms with Crippen LogP contribution in [0.5, 0.6) is 0 Å². The number of allylic oxidation sites excluding steroid dienone is 10. The van der Waals surface area contributed by atoms with Crippen LogP contribution in [0.15, 0.2) is 60.8 Å². The van der Waals surface area contributed by atoms with Crippen LogP contribution in [0.4, 0.5) is 0 Å². The van der Waals surface area contributed by atoms with Crippen LogP contribution in [-0.4, -0.2) is 46.9 Å². The number of carbonyl (C=O) groups excluding carboxylic acids is 2. The molecular weight excluding hydrogens is 719 g/mol. The maximum atomic E-state index is 13.1. The van der Waals surface area contributed by atoms with Crippen molar-refractivity contribution in [2.45, 2.75) is 251 Å². The van der Waals surface area contributed by atoms with E-state index in [2.05, 4.69) is 86.8 Å². The van der Waals surface area contributed by atoms with Crippen molar-refractivity contribution in [3.63, 3.8) is 0 Å². The van der Waals surface area contributed by atoms with Gasteiger partial charge >= 0.3 is 5.97 Å². The Morgan fingerprint density at radius 2 is 0.948 bits per heavy atom. The van der Waals surface area contributed by atoms with E-state index in [-0.39, 0.29) is 24.9 Å². The molecule has 6 nitrogen and oxygen atoms in total. The summed E-state index contributed by atoms with van der Waals surface area (Å²) in [6, 6.07) is -0.712. The zero-order chi connectivity index (χ0) is 42.4. The summed E-state index contributed by atoms with van der Waals surface area (Å²) in [5.74, 6) is -0.530. The Hall–Kier alpha value is -2.44. The van der Waals surface area contributed by atoms with E-state index in [0.717, 1.165) is 103 Å². The molecule has 0 aliphatic rings. The Balaban J connectivity index is 4.54. The Labute approximate surface area is 358 Å². The van der Waals surface area contributed by atoms with Crippen LogP contribution in [0.25, 0.3) is 0 Å². The molecule has 0 radical (unpaired) electrons. The number of ether oxygens (including phenoxy) is 1. The maximum Gasteiger partial charge on any atom is 0.306 e. The molecule has 0 aromatic heterocycles. The van der Waals surface area contributed by atoms with Gasteiger partial charge in [-0.15, -0.1) is 0 Å². The van der Waals surface area contributed by atoms with Gasteiger partial charge in [0.15, 0.2) is 0 Å². The molecule has 0 aliphatic heterocycles. The standard InChI is InChI=1S/C52H93NO5/c1-4-7-10-13-16-19-21-23-25-26-28-30-33-36-39-42-45-52(57)58-48(43-40-37-34-31-18-15-12-9-6-3)46-51(56)53-49(47-54)50(55)44-41-38-35-32-29-27-24-22-20-17-14-11-8-5-2/h7,10,15-16,18-19,23,25,28,30,48-50,54-55H,4-6,8-9,11-14,17,20-22,24,26-27,29,31-47H2,1-3H3,(H,53,56)/b10-7+,18-15-,19-16+,25-23+,30-28+. The van der Waals surface area contributed by atoms with E-state index < -0.39 is 18.2 Å². The van der Waals surface area contributed by atoms with Crippen LogP contribution in [-0.2, 0) is 14.3 Å². The molecule has 336 valence electrons. The van der Waals surface area contributed by atoms with E-state index in [9.17, 15) is 19.8 Å². The summed E-state index contributed by atoms with van der Waals surface area (Å²) in [7, 11) is 0. The summed E-state index contributed by atoms with van der Waals surface area (Å²) in [5.41, 5.74) is 0. The molecule has 3 N–H and O–H groups in total. The number of aliphatic hydroxyl groups is 2. The van der Waals surface area contributed by atoms with E-state index in [1.807, 2.05) is 0 Å². The van der Waals surface area contributed by atoms with Gasteiger partial charge in [-0.2, -0.15) is 0 Å². The Kier molecular flexibility index (Phi) is 43.7. The molecule has 0 heterocycles. The van der Waals surface area contributed by atoms with Crippen molar-refractivity contribution in [1.82, 2.24) is 5.32 Å². The molecule has 0 fully saturated rings. The Morgan fingerprint density at radius 1 is 0.517 bits per heavy atom. The van der Waals surface area contributed by atoms with Gasteiger partial charge in [0, 0.05) is 6.42 Å². The molecule has 0 aromatic carbocycles. The smallest absolute Gasteiger partial charge is 0.306 e. The molecule has 3 atom stereocenters. The molecule has 6 heteroatoms. The average molecular weight is 812 g/mol. The van der Waals surface area contributed by atoms with Gasteiger partial charge in [0.1, 0.15) is 6.10 Å². The predicted octanol–water partition coefficient (Wildman–Crippen LogP) is 14.5. The molecule has 0 saturated heterocycles. The fourth-order valence-corrected chi connectivity index (χ4v) is 7.11. The van der Waals surface area contributed by atoms with Crippen molar-refractivity contribution in [3.05, 3.63) is 60.8 Å². The molecule has 3 unspecified atom stereocenters. The topological polar surface area (TPSA) is 95.9 Å². The number of amides is 1. The third-order valence-corrected chi connectivity index (χ3v) is 10.8. The van der Waals surface area contributed by atoms with E-state index in [4.69, 9.17) is 4.74 Å². The lowest BCUT2D eigenvalue weighted by Crippen LogP contribution is -2.46. The zero-order valence-corrected chi connectivity index (χ0v) is 38.2. The van der Waals surface area contributed by atoms with Crippen LogP contribution in [0.1, 0.15) is 233 Å². The van der Waals surface area contributed by atoms with Gasteiger partial charge in [-0.3, -0.25) is 9.59 Å². The van der Waals surface area contributed by atoms with Gasteiger partial charge < -0.3 is 20.3 Å². The van der Waals surface area contributed by atoms with E-state index >= 15 is 0 Å². The fourth-order valence-electron chi connectivity index (χ4n) is 7.11. The molecule has 0 spiro atoms. The van der Waals surface area contributed by atoms with Crippen molar-refractivity contribution in [3.8, 4) is 0 Å². The number of esters is 1. The second-order valence-corrected chi connectivity index (χ2v) is 16.5. The van der Waals surface area contributed by atoms with E-state index in [1.165, 1.54) is 83.5 Å². The van der Waals surface area contributed by atoms with Gasteiger partial charge in [0.2, 0.25) is 5.91 Å². The molecule has 0 rings (SSSR count). The molecule has 0 saturated carbocycles. The summed E-state index contributed by atoms with van der Waals surface area (Å²) in [4.78, 5) is 26.0. The first kappa shape index (κ1) is 55.6. The number of nitrogens with one attached hydrogen (secondary N) is 1. The normalized spacial score (nSPS) is 13.8. The third-order valence-electron chi connectivity index (χ3n) is 10.8.